The van der Waals surface area contributed by atoms with Crippen molar-refractivity contribution in [2.45, 2.75) is 32.7 Å². The van der Waals surface area contributed by atoms with Gasteiger partial charge < -0.3 is 28.6 Å². The predicted octanol–water partition coefficient (Wildman–Crippen LogP) is 6.51. The lowest BCUT2D eigenvalue weighted by atomic mass is 10.1. The molecule has 11 nitrogen and oxygen atoms in total. The van der Waals surface area contributed by atoms with E-state index < -0.39 is 0 Å². The van der Waals surface area contributed by atoms with Crippen LogP contribution in [0.1, 0.15) is 51.2 Å². The quantitative estimate of drug-likeness (QED) is 0.0653. The molecule has 0 aliphatic carbocycles. The van der Waals surface area contributed by atoms with Crippen molar-refractivity contribution in [1.29, 1.82) is 0 Å². The van der Waals surface area contributed by atoms with E-state index >= 15 is 0 Å². The zero-order chi connectivity index (χ0) is 33.5. The molecule has 5 rings (SSSR count). The van der Waals surface area contributed by atoms with Gasteiger partial charge in [-0.15, -0.1) is 22.7 Å². The van der Waals surface area contributed by atoms with E-state index in [1.54, 1.807) is 37.8 Å². The Balaban J connectivity index is 1.17. The van der Waals surface area contributed by atoms with Gasteiger partial charge in [0.25, 0.3) is 5.91 Å². The SMILES string of the molecule is CCOC(=O)CCC(=O)c1cc2cc(OCCCOc3cc4cc(C(=O)N(C)Cc5ccn(C)n5)sc4cc3OC)c(OC)cc2s1. The number of methoxy groups -OCH3 is 2. The van der Waals surface area contributed by atoms with E-state index in [9.17, 15) is 14.4 Å². The third-order valence-corrected chi connectivity index (χ3v) is 9.50. The molecule has 0 atom stereocenters. The molecule has 0 N–H and O–H groups in total. The largest absolute Gasteiger partial charge is 0.493 e. The van der Waals surface area contributed by atoms with Crippen LogP contribution in [-0.2, 0) is 23.1 Å². The van der Waals surface area contributed by atoms with Gasteiger partial charge in [-0.05, 0) is 48.0 Å². The van der Waals surface area contributed by atoms with Gasteiger partial charge in [0.1, 0.15) is 0 Å². The molecule has 0 aliphatic rings. The Bertz CT molecular complexity index is 1890. The zero-order valence-corrected chi connectivity index (χ0v) is 28.6. The summed E-state index contributed by atoms with van der Waals surface area (Å²) in [5.74, 6) is 1.72. The van der Waals surface area contributed by atoms with Crippen molar-refractivity contribution < 1.29 is 38.1 Å². The summed E-state index contributed by atoms with van der Waals surface area (Å²) in [7, 11) is 6.77. The first kappa shape index (κ1) is 33.7. The number of benzene rings is 2. The summed E-state index contributed by atoms with van der Waals surface area (Å²) in [4.78, 5) is 40.3. The van der Waals surface area contributed by atoms with Gasteiger partial charge >= 0.3 is 5.97 Å². The first-order valence-electron chi connectivity index (χ1n) is 15.1. The van der Waals surface area contributed by atoms with Crippen LogP contribution in [0.25, 0.3) is 20.2 Å². The predicted molar refractivity (Wildman–Crippen MR) is 182 cm³/mol. The fourth-order valence-corrected chi connectivity index (χ4v) is 7.04. The van der Waals surface area contributed by atoms with Gasteiger partial charge in [-0.2, -0.15) is 5.10 Å². The minimum absolute atomic E-state index is 0.0548. The number of nitrogens with zero attached hydrogens (tertiary/aromatic N) is 3. The molecule has 0 radical (unpaired) electrons. The summed E-state index contributed by atoms with van der Waals surface area (Å²) in [5, 5.41) is 6.11. The molecule has 5 aromatic rings. The summed E-state index contributed by atoms with van der Waals surface area (Å²) in [5.41, 5.74) is 0.821. The van der Waals surface area contributed by atoms with Crippen LogP contribution in [0, 0.1) is 0 Å². The number of amides is 1. The third-order valence-electron chi connectivity index (χ3n) is 7.27. The number of ketones is 1. The van der Waals surface area contributed by atoms with E-state index in [0.717, 1.165) is 25.9 Å². The molecule has 0 fully saturated rings. The van der Waals surface area contributed by atoms with Gasteiger partial charge in [0.2, 0.25) is 0 Å². The van der Waals surface area contributed by atoms with E-state index in [1.807, 2.05) is 55.7 Å². The monoisotopic (exact) mass is 679 g/mol. The first-order valence-corrected chi connectivity index (χ1v) is 16.7. The Labute approximate surface area is 280 Å². The second-order valence-electron chi connectivity index (χ2n) is 10.7. The Morgan fingerprint density at radius 2 is 1.43 bits per heavy atom. The molecular weight excluding hydrogens is 643 g/mol. The number of hydrogen-bond acceptors (Lipinski definition) is 11. The number of thiophene rings is 2. The maximum absolute atomic E-state index is 13.1. The first-order chi connectivity index (χ1) is 22.7. The summed E-state index contributed by atoms with van der Waals surface area (Å²) in [6.45, 7) is 3.18. The number of aromatic nitrogens is 2. The van der Waals surface area contributed by atoms with E-state index in [0.29, 0.717) is 65.5 Å². The van der Waals surface area contributed by atoms with Crippen molar-refractivity contribution in [3.05, 3.63) is 64.1 Å². The molecule has 248 valence electrons. The summed E-state index contributed by atoms with van der Waals surface area (Å²) in [6.07, 6.45) is 2.58. The van der Waals surface area contributed by atoms with E-state index in [4.69, 9.17) is 23.7 Å². The fraction of sp³-hybridized carbons (Fsp3) is 0.353. The van der Waals surface area contributed by atoms with Gasteiger partial charge in [0.05, 0.1) is 62.5 Å². The van der Waals surface area contributed by atoms with Crippen LogP contribution in [0.5, 0.6) is 23.0 Å². The normalized spacial score (nSPS) is 11.1. The molecule has 3 heterocycles. The van der Waals surface area contributed by atoms with Crippen molar-refractivity contribution >= 4 is 60.5 Å². The zero-order valence-electron chi connectivity index (χ0n) is 27.0. The van der Waals surface area contributed by atoms with Crippen LogP contribution in [-0.4, -0.2) is 73.4 Å². The highest BCUT2D eigenvalue weighted by atomic mass is 32.1. The summed E-state index contributed by atoms with van der Waals surface area (Å²) < 4.78 is 31.7. The molecule has 0 unspecified atom stereocenters. The van der Waals surface area contributed by atoms with Crippen LogP contribution >= 0.6 is 22.7 Å². The molecule has 0 spiro atoms. The second-order valence-corrected chi connectivity index (χ2v) is 12.9. The molecule has 0 bridgehead atoms. The lowest BCUT2D eigenvalue weighted by molar-refractivity contribution is -0.143. The molecule has 2 aromatic carbocycles. The molecule has 47 heavy (non-hydrogen) atoms. The van der Waals surface area contributed by atoms with E-state index in [-0.39, 0.29) is 30.5 Å². The average molecular weight is 680 g/mol. The fourth-order valence-electron chi connectivity index (χ4n) is 4.93. The molecular formula is C34H37N3O8S2. The van der Waals surface area contributed by atoms with Crippen LogP contribution in [0.3, 0.4) is 0 Å². The Morgan fingerprint density at radius 3 is 1.98 bits per heavy atom. The van der Waals surface area contributed by atoms with Gasteiger partial charge in [0.15, 0.2) is 28.8 Å². The summed E-state index contributed by atoms with van der Waals surface area (Å²) in [6, 6.07) is 13.1. The Morgan fingerprint density at radius 1 is 0.830 bits per heavy atom. The number of aryl methyl sites for hydroxylation is 1. The van der Waals surface area contributed by atoms with Crippen LogP contribution < -0.4 is 18.9 Å². The number of Topliss-reactive ketones (excluding diaryl/α,β-unsaturated/α-hetero) is 1. The number of fused-ring (bicyclic) bond motifs is 2. The lowest BCUT2D eigenvalue weighted by Gasteiger charge is -2.14. The Kier molecular flexibility index (Phi) is 11.0. The smallest absolute Gasteiger partial charge is 0.306 e. The molecule has 1 amide bonds. The molecule has 3 aromatic heterocycles. The Hall–Kier alpha value is -4.62. The topological polar surface area (TPSA) is 118 Å². The lowest BCUT2D eigenvalue weighted by Crippen LogP contribution is -2.25. The highest BCUT2D eigenvalue weighted by Crippen LogP contribution is 2.38. The van der Waals surface area contributed by atoms with Crippen molar-refractivity contribution in [3.8, 4) is 23.0 Å². The van der Waals surface area contributed by atoms with E-state index in [2.05, 4.69) is 5.10 Å². The van der Waals surface area contributed by atoms with Crippen LogP contribution in [0.4, 0.5) is 0 Å². The molecule has 0 aliphatic heterocycles. The van der Waals surface area contributed by atoms with Gasteiger partial charge in [-0.3, -0.25) is 19.1 Å². The van der Waals surface area contributed by atoms with Crippen molar-refractivity contribution in [2.24, 2.45) is 7.05 Å². The highest BCUT2D eigenvalue weighted by Gasteiger charge is 2.19. The number of hydrogen-bond donors (Lipinski definition) is 0. The molecule has 0 saturated carbocycles. The average Bonchev–Trinajstić information content (AvgIpc) is 3.79. The number of carbonyl (C=O) groups excluding carboxylic acids is 3. The number of ether oxygens (including phenoxy) is 5. The van der Waals surface area contributed by atoms with Gasteiger partial charge in [0, 0.05) is 54.7 Å². The van der Waals surface area contributed by atoms with Crippen molar-refractivity contribution in [1.82, 2.24) is 14.7 Å². The minimum atomic E-state index is -0.379. The third kappa shape index (κ3) is 8.22. The number of rotatable bonds is 16. The summed E-state index contributed by atoms with van der Waals surface area (Å²) >= 11 is 2.76. The minimum Gasteiger partial charge on any atom is -0.493 e. The number of esters is 1. The van der Waals surface area contributed by atoms with Crippen molar-refractivity contribution in [3.63, 3.8) is 0 Å². The van der Waals surface area contributed by atoms with Crippen LogP contribution in [0.15, 0.2) is 48.7 Å². The van der Waals surface area contributed by atoms with Gasteiger partial charge in [-0.25, -0.2) is 0 Å². The molecule has 13 heteroatoms. The highest BCUT2D eigenvalue weighted by molar-refractivity contribution is 7.21. The maximum Gasteiger partial charge on any atom is 0.306 e. The van der Waals surface area contributed by atoms with Crippen molar-refractivity contribution in [2.75, 3.05) is 41.1 Å². The van der Waals surface area contributed by atoms with Gasteiger partial charge in [-0.1, -0.05) is 0 Å². The maximum atomic E-state index is 13.1. The molecule has 0 saturated heterocycles. The second kappa shape index (κ2) is 15.3. The standard InChI is InChI=1S/C34H37N3O8S2/c1-6-43-33(39)9-8-24(38)31-16-21-14-27(25(41-4)18-29(21)46-31)44-12-7-13-45-28-15-22-17-32(47-30(22)19-26(28)42-5)34(40)36(2)20-23-10-11-37(3)35-23/h10-11,14-19H,6-9,12-13,20H2,1-5H3. The van der Waals surface area contributed by atoms with Crippen LogP contribution in [0.2, 0.25) is 0 Å². The number of carbonyl (C=O) groups is 3. The van der Waals surface area contributed by atoms with E-state index in [1.165, 1.54) is 22.7 Å².